The van der Waals surface area contributed by atoms with E-state index in [-0.39, 0.29) is 12.6 Å². The number of benzene rings is 2. The first-order valence-corrected chi connectivity index (χ1v) is 9.21. The Morgan fingerprint density at radius 3 is 2.64 bits per heavy atom. The van der Waals surface area contributed by atoms with E-state index in [2.05, 4.69) is 0 Å². The average molecular weight is 400 g/mol. The van der Waals surface area contributed by atoms with Crippen LogP contribution in [0.25, 0.3) is 0 Å². The fourth-order valence-electron chi connectivity index (χ4n) is 2.03. The van der Waals surface area contributed by atoms with Crippen molar-refractivity contribution in [3.8, 4) is 5.75 Å². The van der Waals surface area contributed by atoms with Crippen LogP contribution in [-0.4, -0.2) is 42.2 Å². The second-order valence-corrected chi connectivity index (χ2v) is 7.52. The molecule has 0 saturated carbocycles. The maximum Gasteiger partial charge on any atom is 0.317 e. The van der Waals surface area contributed by atoms with Gasteiger partial charge in [0.1, 0.15) is 12.4 Å². The van der Waals surface area contributed by atoms with Gasteiger partial charge >= 0.3 is 5.97 Å². The quantitative estimate of drug-likeness (QED) is 0.681. The molecule has 2 aromatic rings. The molecule has 134 valence electrons. The predicted molar refractivity (Wildman–Crippen MR) is 102 cm³/mol. The molecule has 7 heteroatoms. The zero-order valence-corrected chi connectivity index (χ0v) is 16.2. The number of para-hydroxylation sites is 1. The van der Waals surface area contributed by atoms with Gasteiger partial charge in [-0.2, -0.15) is 0 Å². The number of halogens is 2. The van der Waals surface area contributed by atoms with E-state index < -0.39 is 5.97 Å². The minimum Gasteiger partial charge on any atom is -0.491 e. The lowest BCUT2D eigenvalue weighted by Gasteiger charge is -2.23. The smallest absolute Gasteiger partial charge is 0.317 e. The van der Waals surface area contributed by atoms with E-state index in [0.717, 1.165) is 15.5 Å². The molecule has 4 nitrogen and oxygen atoms in total. The summed E-state index contributed by atoms with van der Waals surface area (Å²) in [6, 6.07) is 13.1. The second kappa shape index (κ2) is 9.34. The number of rotatable bonds is 8. The van der Waals surface area contributed by atoms with E-state index in [1.165, 1.54) is 11.8 Å². The Kier molecular flexibility index (Phi) is 7.44. The predicted octanol–water partition coefficient (Wildman–Crippen LogP) is 4.93. The van der Waals surface area contributed by atoms with E-state index in [1.807, 2.05) is 43.3 Å². The van der Waals surface area contributed by atoms with Crippen molar-refractivity contribution >= 4 is 40.9 Å². The Balaban J connectivity index is 2.05. The first kappa shape index (κ1) is 19.9. The van der Waals surface area contributed by atoms with Crippen molar-refractivity contribution in [1.29, 1.82) is 0 Å². The number of carboxylic acids is 1. The molecule has 0 bridgehead atoms. The molecule has 0 aliphatic carbocycles. The standard InChI is InChI=1S/C18H19Cl2NO3S/c1-12(21(2)10-18(22)23)11-24-16-5-3-4-6-17(16)25-13-7-8-14(19)15(20)9-13/h3-9,12H,10-11H2,1-2H3,(H,22,23). The van der Waals surface area contributed by atoms with Gasteiger partial charge in [-0.3, -0.25) is 9.69 Å². The number of carboxylic acid groups (broad SMARTS) is 1. The van der Waals surface area contributed by atoms with Crippen molar-refractivity contribution in [1.82, 2.24) is 4.90 Å². The van der Waals surface area contributed by atoms with Crippen molar-refractivity contribution in [2.75, 3.05) is 20.2 Å². The molecule has 0 saturated heterocycles. The van der Waals surface area contributed by atoms with Gasteiger partial charge < -0.3 is 9.84 Å². The molecule has 0 heterocycles. The normalized spacial score (nSPS) is 12.2. The first-order valence-electron chi connectivity index (χ1n) is 7.63. The lowest BCUT2D eigenvalue weighted by Crippen LogP contribution is -2.37. The summed E-state index contributed by atoms with van der Waals surface area (Å²) in [7, 11) is 1.76. The number of aliphatic carboxylic acids is 1. The molecule has 1 N–H and O–H groups in total. The Morgan fingerprint density at radius 2 is 1.96 bits per heavy atom. The molecule has 25 heavy (non-hydrogen) atoms. The molecule has 0 aliphatic heterocycles. The van der Waals surface area contributed by atoms with Crippen LogP contribution in [0.5, 0.6) is 5.75 Å². The SMILES string of the molecule is CC(COc1ccccc1Sc1ccc(Cl)c(Cl)c1)N(C)CC(=O)O. The lowest BCUT2D eigenvalue weighted by molar-refractivity contribution is -0.138. The Bertz CT molecular complexity index is 742. The minimum atomic E-state index is -0.857. The zero-order valence-electron chi connectivity index (χ0n) is 13.9. The first-order chi connectivity index (χ1) is 11.9. The van der Waals surface area contributed by atoms with Crippen LogP contribution < -0.4 is 4.74 Å². The van der Waals surface area contributed by atoms with Crippen molar-refractivity contribution in [2.45, 2.75) is 22.8 Å². The molecule has 0 amide bonds. The van der Waals surface area contributed by atoms with E-state index in [9.17, 15) is 4.79 Å². The molecule has 1 unspecified atom stereocenters. The van der Waals surface area contributed by atoms with Gasteiger partial charge in [-0.25, -0.2) is 0 Å². The molecular weight excluding hydrogens is 381 g/mol. The van der Waals surface area contributed by atoms with Crippen molar-refractivity contribution in [3.05, 3.63) is 52.5 Å². The topological polar surface area (TPSA) is 49.8 Å². The molecule has 0 radical (unpaired) electrons. The monoisotopic (exact) mass is 399 g/mol. The Labute approximate surface area is 161 Å². The molecule has 0 aromatic heterocycles. The number of nitrogens with zero attached hydrogens (tertiary/aromatic N) is 1. The lowest BCUT2D eigenvalue weighted by atomic mass is 10.3. The van der Waals surface area contributed by atoms with Crippen LogP contribution in [0.3, 0.4) is 0 Å². The average Bonchev–Trinajstić information content (AvgIpc) is 2.56. The molecule has 0 aliphatic rings. The number of likely N-dealkylation sites (N-methyl/N-ethyl adjacent to an activating group) is 1. The van der Waals surface area contributed by atoms with Crippen molar-refractivity contribution in [2.24, 2.45) is 0 Å². The van der Waals surface area contributed by atoms with E-state index in [4.69, 9.17) is 33.0 Å². The summed E-state index contributed by atoms with van der Waals surface area (Å²) in [5.41, 5.74) is 0. The summed E-state index contributed by atoms with van der Waals surface area (Å²) in [4.78, 5) is 14.4. The number of ether oxygens (including phenoxy) is 1. The van der Waals surface area contributed by atoms with Gasteiger partial charge in [-0.05, 0) is 44.3 Å². The van der Waals surface area contributed by atoms with Crippen molar-refractivity contribution < 1.29 is 14.6 Å². The van der Waals surface area contributed by atoms with Crippen LogP contribution in [0.1, 0.15) is 6.92 Å². The van der Waals surface area contributed by atoms with Crippen LogP contribution in [0.4, 0.5) is 0 Å². The number of hydrogen-bond acceptors (Lipinski definition) is 4. The van der Waals surface area contributed by atoms with Crippen LogP contribution in [0.15, 0.2) is 52.3 Å². The summed E-state index contributed by atoms with van der Waals surface area (Å²) < 4.78 is 5.91. The largest absolute Gasteiger partial charge is 0.491 e. The van der Waals surface area contributed by atoms with Gasteiger partial charge in [0.05, 0.1) is 21.5 Å². The van der Waals surface area contributed by atoms with Gasteiger partial charge in [-0.15, -0.1) is 0 Å². The zero-order chi connectivity index (χ0) is 18.4. The van der Waals surface area contributed by atoms with Crippen LogP contribution >= 0.6 is 35.0 Å². The number of carbonyl (C=O) groups is 1. The van der Waals surface area contributed by atoms with Crippen molar-refractivity contribution in [3.63, 3.8) is 0 Å². The molecule has 0 fully saturated rings. The third-order valence-electron chi connectivity index (χ3n) is 3.59. The van der Waals surface area contributed by atoms with Gasteiger partial charge in [0, 0.05) is 10.9 Å². The third kappa shape index (κ3) is 6.12. The molecular formula is C18H19Cl2NO3S. The van der Waals surface area contributed by atoms with E-state index in [0.29, 0.717) is 16.7 Å². The van der Waals surface area contributed by atoms with Crippen LogP contribution in [0.2, 0.25) is 10.0 Å². The maximum atomic E-state index is 10.8. The van der Waals surface area contributed by atoms with Crippen LogP contribution in [-0.2, 0) is 4.79 Å². The van der Waals surface area contributed by atoms with Gasteiger partial charge in [0.25, 0.3) is 0 Å². The Morgan fingerprint density at radius 1 is 1.24 bits per heavy atom. The van der Waals surface area contributed by atoms with Crippen LogP contribution in [0, 0.1) is 0 Å². The summed E-state index contributed by atoms with van der Waals surface area (Å²) in [5.74, 6) is -0.112. The van der Waals surface area contributed by atoms with E-state index in [1.54, 1.807) is 18.0 Å². The summed E-state index contributed by atoms with van der Waals surface area (Å²) in [6.45, 7) is 2.30. The molecule has 2 rings (SSSR count). The highest BCUT2D eigenvalue weighted by atomic mass is 35.5. The highest BCUT2D eigenvalue weighted by Crippen LogP contribution is 2.37. The van der Waals surface area contributed by atoms with E-state index >= 15 is 0 Å². The summed E-state index contributed by atoms with van der Waals surface area (Å²) in [6.07, 6.45) is 0. The summed E-state index contributed by atoms with van der Waals surface area (Å²) >= 11 is 13.6. The minimum absolute atomic E-state index is 0.0236. The third-order valence-corrected chi connectivity index (χ3v) is 5.37. The molecule has 1 atom stereocenters. The summed E-state index contributed by atoms with van der Waals surface area (Å²) in [5, 5.41) is 9.89. The second-order valence-electron chi connectivity index (χ2n) is 5.59. The van der Waals surface area contributed by atoms with Gasteiger partial charge in [0.2, 0.25) is 0 Å². The number of hydrogen-bond donors (Lipinski definition) is 1. The fourth-order valence-corrected chi connectivity index (χ4v) is 3.33. The van der Waals surface area contributed by atoms with Gasteiger partial charge in [-0.1, -0.05) is 47.1 Å². The highest BCUT2D eigenvalue weighted by Gasteiger charge is 2.14. The maximum absolute atomic E-state index is 10.8. The fraction of sp³-hybridized carbons (Fsp3) is 0.278. The molecule has 0 spiro atoms. The molecule has 2 aromatic carbocycles. The highest BCUT2D eigenvalue weighted by molar-refractivity contribution is 7.99. The van der Waals surface area contributed by atoms with Gasteiger partial charge in [0.15, 0.2) is 0 Å². The Hall–Kier alpha value is -1.40.